The molecule has 0 aromatic carbocycles. The van der Waals surface area contributed by atoms with E-state index >= 15 is 0 Å². The number of likely N-dealkylation sites (tertiary alicyclic amines) is 1. The molecule has 0 aliphatic carbocycles. The lowest BCUT2D eigenvalue weighted by atomic mass is 10.3. The molecule has 13 heavy (non-hydrogen) atoms. The molecule has 0 saturated carbocycles. The molecule has 0 bridgehead atoms. The van der Waals surface area contributed by atoms with Crippen LogP contribution in [0.25, 0.3) is 0 Å². The Bertz CT molecular complexity index is 169. The maximum absolute atomic E-state index is 11.8. The molecule has 0 aromatic heterocycles. The van der Waals surface area contributed by atoms with Crippen LogP contribution in [0, 0.1) is 0 Å². The van der Waals surface area contributed by atoms with Gasteiger partial charge in [-0.15, -0.1) is 0 Å². The van der Waals surface area contributed by atoms with Gasteiger partial charge in [-0.25, -0.2) is 0 Å². The lowest BCUT2D eigenvalue weighted by Gasteiger charge is -2.22. The third-order valence-electron chi connectivity index (χ3n) is 2.35. The first-order chi connectivity index (χ1) is 6.29. The Morgan fingerprint density at radius 1 is 1.54 bits per heavy atom. The molecule has 0 radical (unpaired) electrons. The topological polar surface area (TPSA) is 32.3 Å². The van der Waals surface area contributed by atoms with Gasteiger partial charge in [0.25, 0.3) is 0 Å². The highest BCUT2D eigenvalue weighted by atomic mass is 32.1. The Kier molecular flexibility index (Phi) is 4.59. The third-order valence-corrected chi connectivity index (χ3v) is 2.71. The zero-order valence-corrected chi connectivity index (χ0v) is 9.02. The normalized spacial score (nSPS) is 19.1. The Balaban J connectivity index is 2.42. The second kappa shape index (κ2) is 5.50. The molecule has 1 aliphatic heterocycles. The third kappa shape index (κ3) is 2.88. The summed E-state index contributed by atoms with van der Waals surface area (Å²) in [6.07, 6.45) is 2.30. The highest BCUT2D eigenvalue weighted by Gasteiger charge is 2.24. The van der Waals surface area contributed by atoms with Crippen molar-refractivity contribution in [3.05, 3.63) is 0 Å². The van der Waals surface area contributed by atoms with Gasteiger partial charge >= 0.3 is 0 Å². The van der Waals surface area contributed by atoms with Crippen LogP contribution in [0.1, 0.15) is 19.8 Å². The summed E-state index contributed by atoms with van der Waals surface area (Å²) in [5, 5.41) is 3.14. The number of hydrogen-bond acceptors (Lipinski definition) is 3. The van der Waals surface area contributed by atoms with Gasteiger partial charge in [-0.3, -0.25) is 4.79 Å². The zero-order valence-electron chi connectivity index (χ0n) is 8.12. The van der Waals surface area contributed by atoms with Crippen LogP contribution in [-0.2, 0) is 4.79 Å². The highest BCUT2D eigenvalue weighted by molar-refractivity contribution is 7.80. The predicted octanol–water partition coefficient (Wildman–Crippen LogP) is 0.517. The van der Waals surface area contributed by atoms with E-state index in [4.69, 9.17) is 0 Å². The van der Waals surface area contributed by atoms with Crippen LogP contribution in [-0.4, -0.2) is 42.2 Å². The van der Waals surface area contributed by atoms with E-state index in [0.29, 0.717) is 5.75 Å². The molecule has 4 heteroatoms. The molecule has 0 spiro atoms. The van der Waals surface area contributed by atoms with E-state index in [2.05, 4.69) is 17.9 Å². The maximum Gasteiger partial charge on any atom is 0.240 e. The fourth-order valence-electron chi connectivity index (χ4n) is 1.63. The molecule has 1 aliphatic rings. The van der Waals surface area contributed by atoms with Crippen molar-refractivity contribution in [3.8, 4) is 0 Å². The quantitative estimate of drug-likeness (QED) is 0.651. The summed E-state index contributed by atoms with van der Waals surface area (Å²) in [7, 11) is 0. The minimum atomic E-state index is -0.0913. The second-order valence-electron chi connectivity index (χ2n) is 3.33. The maximum atomic E-state index is 11.8. The van der Waals surface area contributed by atoms with Crippen molar-refractivity contribution in [1.82, 2.24) is 10.2 Å². The van der Waals surface area contributed by atoms with Crippen LogP contribution < -0.4 is 5.32 Å². The summed E-state index contributed by atoms with van der Waals surface area (Å²) in [6, 6.07) is -0.0913. The molecule has 1 rings (SSSR count). The van der Waals surface area contributed by atoms with Crippen molar-refractivity contribution in [2.75, 3.05) is 25.4 Å². The van der Waals surface area contributed by atoms with Gasteiger partial charge in [0, 0.05) is 18.8 Å². The smallest absolute Gasteiger partial charge is 0.240 e. The SMILES string of the molecule is CCN[C@H](CS)C(=O)N1CCCC1. The first-order valence-electron chi connectivity index (χ1n) is 4.92. The number of thiol groups is 1. The molecule has 1 heterocycles. The van der Waals surface area contributed by atoms with Gasteiger partial charge in [-0.05, 0) is 19.4 Å². The Morgan fingerprint density at radius 2 is 2.15 bits per heavy atom. The van der Waals surface area contributed by atoms with Crippen LogP contribution >= 0.6 is 12.6 Å². The molecular formula is C9H18N2OS. The van der Waals surface area contributed by atoms with Gasteiger partial charge in [0.2, 0.25) is 5.91 Å². The zero-order chi connectivity index (χ0) is 9.68. The van der Waals surface area contributed by atoms with Gasteiger partial charge in [-0.2, -0.15) is 12.6 Å². The predicted molar refractivity (Wildman–Crippen MR) is 57.1 cm³/mol. The molecule has 1 N–H and O–H groups in total. The second-order valence-corrected chi connectivity index (χ2v) is 3.69. The summed E-state index contributed by atoms with van der Waals surface area (Å²) >= 11 is 4.17. The lowest BCUT2D eigenvalue weighted by Crippen LogP contribution is -2.46. The molecule has 1 amide bonds. The van der Waals surface area contributed by atoms with E-state index in [1.165, 1.54) is 0 Å². The van der Waals surface area contributed by atoms with Crippen LogP contribution in [0.5, 0.6) is 0 Å². The number of likely N-dealkylation sites (N-methyl/N-ethyl adjacent to an activating group) is 1. The van der Waals surface area contributed by atoms with Gasteiger partial charge in [0.15, 0.2) is 0 Å². The van der Waals surface area contributed by atoms with Crippen molar-refractivity contribution >= 4 is 18.5 Å². The summed E-state index contributed by atoms with van der Waals surface area (Å²) < 4.78 is 0. The van der Waals surface area contributed by atoms with Crippen LogP contribution in [0.4, 0.5) is 0 Å². The molecular weight excluding hydrogens is 184 g/mol. The molecule has 1 fully saturated rings. The number of hydrogen-bond donors (Lipinski definition) is 2. The first kappa shape index (κ1) is 10.9. The molecule has 1 saturated heterocycles. The molecule has 0 unspecified atom stereocenters. The number of nitrogens with one attached hydrogen (secondary N) is 1. The van der Waals surface area contributed by atoms with E-state index in [9.17, 15) is 4.79 Å². The summed E-state index contributed by atoms with van der Waals surface area (Å²) in [6.45, 7) is 4.68. The van der Waals surface area contributed by atoms with Crippen LogP contribution in [0.3, 0.4) is 0 Å². The average molecular weight is 202 g/mol. The Morgan fingerprint density at radius 3 is 2.62 bits per heavy atom. The van der Waals surface area contributed by atoms with Crippen molar-refractivity contribution < 1.29 is 4.79 Å². The number of rotatable bonds is 4. The fraction of sp³-hybridized carbons (Fsp3) is 0.889. The van der Waals surface area contributed by atoms with Crippen molar-refractivity contribution in [2.24, 2.45) is 0 Å². The van der Waals surface area contributed by atoms with Gasteiger partial charge in [0.1, 0.15) is 0 Å². The van der Waals surface area contributed by atoms with Crippen molar-refractivity contribution in [2.45, 2.75) is 25.8 Å². The van der Waals surface area contributed by atoms with Gasteiger partial charge in [0.05, 0.1) is 6.04 Å². The van der Waals surface area contributed by atoms with Crippen LogP contribution in [0.2, 0.25) is 0 Å². The van der Waals surface area contributed by atoms with E-state index in [-0.39, 0.29) is 11.9 Å². The lowest BCUT2D eigenvalue weighted by molar-refractivity contribution is -0.131. The first-order valence-corrected chi connectivity index (χ1v) is 5.56. The molecule has 1 atom stereocenters. The largest absolute Gasteiger partial charge is 0.341 e. The minimum Gasteiger partial charge on any atom is -0.341 e. The van der Waals surface area contributed by atoms with E-state index < -0.39 is 0 Å². The molecule has 0 aromatic rings. The number of carbonyl (C=O) groups excluding carboxylic acids is 1. The van der Waals surface area contributed by atoms with Crippen molar-refractivity contribution in [3.63, 3.8) is 0 Å². The van der Waals surface area contributed by atoms with E-state index in [1.54, 1.807) is 0 Å². The van der Waals surface area contributed by atoms with Gasteiger partial charge < -0.3 is 10.2 Å². The summed E-state index contributed by atoms with van der Waals surface area (Å²) in [4.78, 5) is 13.7. The number of amides is 1. The van der Waals surface area contributed by atoms with E-state index in [0.717, 1.165) is 32.5 Å². The average Bonchev–Trinajstić information content (AvgIpc) is 2.65. The summed E-state index contributed by atoms with van der Waals surface area (Å²) in [5.74, 6) is 0.803. The number of carbonyl (C=O) groups is 1. The van der Waals surface area contributed by atoms with Gasteiger partial charge in [-0.1, -0.05) is 6.92 Å². The fourth-order valence-corrected chi connectivity index (χ4v) is 1.92. The molecule has 3 nitrogen and oxygen atoms in total. The van der Waals surface area contributed by atoms with Crippen molar-refractivity contribution in [1.29, 1.82) is 0 Å². The summed E-state index contributed by atoms with van der Waals surface area (Å²) in [5.41, 5.74) is 0. The Hall–Kier alpha value is -0.220. The monoisotopic (exact) mass is 202 g/mol. The standard InChI is InChI=1S/C9H18N2OS/c1-2-10-8(7-13)9(12)11-5-3-4-6-11/h8,10,13H,2-7H2,1H3/t8-/m1/s1. The number of nitrogens with zero attached hydrogens (tertiary/aromatic N) is 1. The highest BCUT2D eigenvalue weighted by Crippen LogP contribution is 2.09. The minimum absolute atomic E-state index is 0.0913. The van der Waals surface area contributed by atoms with E-state index in [1.807, 2.05) is 11.8 Å². The Labute approximate surface area is 85.3 Å². The molecule has 76 valence electrons. The van der Waals surface area contributed by atoms with Crippen LogP contribution in [0.15, 0.2) is 0 Å².